The van der Waals surface area contributed by atoms with Crippen molar-refractivity contribution in [3.8, 4) is 0 Å². The van der Waals surface area contributed by atoms with E-state index in [1.54, 1.807) is 36.4 Å². The van der Waals surface area contributed by atoms with Crippen LogP contribution in [0.25, 0.3) is 0 Å². The van der Waals surface area contributed by atoms with Gasteiger partial charge in [-0.05, 0) is 29.7 Å². The van der Waals surface area contributed by atoms with Crippen LogP contribution in [0, 0.1) is 6.92 Å². The van der Waals surface area contributed by atoms with Crippen molar-refractivity contribution >= 4 is 21.7 Å². The quantitative estimate of drug-likeness (QED) is 0.557. The second kappa shape index (κ2) is 9.58. The lowest BCUT2D eigenvalue weighted by Gasteiger charge is -2.27. The summed E-state index contributed by atoms with van der Waals surface area (Å²) >= 11 is 0. The molecule has 2 amide bonds. The number of carbonyl (C=O) groups excluding carboxylic acids is 2. The SMILES string of the molecule is Cc1ccc(CNC(=O)C(CS(=O)(=O)Cc2ccccc2)N2Cc3ccccc3C2=O)cc1. The predicted octanol–water partition coefficient (Wildman–Crippen LogP) is 3.25. The van der Waals surface area contributed by atoms with E-state index in [1.165, 1.54) is 4.90 Å². The lowest BCUT2D eigenvalue weighted by Crippen LogP contribution is -2.50. The van der Waals surface area contributed by atoms with Crippen molar-refractivity contribution in [2.75, 3.05) is 5.75 Å². The van der Waals surface area contributed by atoms with Crippen LogP contribution in [0.2, 0.25) is 0 Å². The van der Waals surface area contributed by atoms with E-state index in [-0.39, 0.29) is 24.7 Å². The summed E-state index contributed by atoms with van der Waals surface area (Å²) in [7, 11) is -3.67. The summed E-state index contributed by atoms with van der Waals surface area (Å²) in [6.07, 6.45) is 0. The van der Waals surface area contributed by atoms with E-state index in [0.29, 0.717) is 11.1 Å². The number of sulfone groups is 1. The molecule has 0 aromatic heterocycles. The molecule has 0 aliphatic carbocycles. The van der Waals surface area contributed by atoms with Gasteiger partial charge in [-0.2, -0.15) is 0 Å². The van der Waals surface area contributed by atoms with Crippen LogP contribution in [0.4, 0.5) is 0 Å². The number of hydrogen-bond acceptors (Lipinski definition) is 4. The van der Waals surface area contributed by atoms with Crippen molar-refractivity contribution in [1.82, 2.24) is 10.2 Å². The molecule has 1 heterocycles. The molecule has 0 saturated carbocycles. The Bertz CT molecular complexity index is 1250. The molecular formula is C26H26N2O4S. The highest BCUT2D eigenvalue weighted by Crippen LogP contribution is 2.25. The Balaban J connectivity index is 1.56. The Morgan fingerprint density at radius 1 is 0.939 bits per heavy atom. The van der Waals surface area contributed by atoms with Gasteiger partial charge in [0, 0.05) is 18.7 Å². The Morgan fingerprint density at radius 2 is 1.61 bits per heavy atom. The summed E-state index contributed by atoms with van der Waals surface area (Å²) in [5.74, 6) is -1.43. The van der Waals surface area contributed by atoms with Gasteiger partial charge in [-0.15, -0.1) is 0 Å². The normalized spacial score (nSPS) is 14.1. The van der Waals surface area contributed by atoms with E-state index in [1.807, 2.05) is 49.4 Å². The zero-order chi connectivity index (χ0) is 23.4. The summed E-state index contributed by atoms with van der Waals surface area (Å²) in [6, 6.07) is 22.6. The molecule has 1 unspecified atom stereocenters. The molecule has 3 aromatic rings. The van der Waals surface area contributed by atoms with Gasteiger partial charge in [-0.25, -0.2) is 8.42 Å². The van der Waals surface area contributed by atoms with Gasteiger partial charge in [0.05, 0.1) is 11.5 Å². The van der Waals surface area contributed by atoms with Crippen LogP contribution in [0.15, 0.2) is 78.9 Å². The van der Waals surface area contributed by atoms with Crippen LogP contribution in [-0.2, 0) is 33.5 Å². The van der Waals surface area contributed by atoms with Crippen molar-refractivity contribution in [1.29, 1.82) is 0 Å². The van der Waals surface area contributed by atoms with E-state index in [2.05, 4.69) is 5.32 Å². The molecule has 4 rings (SSSR count). The Kier molecular flexibility index (Phi) is 6.60. The zero-order valence-electron chi connectivity index (χ0n) is 18.4. The first kappa shape index (κ1) is 22.7. The fourth-order valence-corrected chi connectivity index (χ4v) is 5.61. The van der Waals surface area contributed by atoms with Gasteiger partial charge in [-0.3, -0.25) is 9.59 Å². The van der Waals surface area contributed by atoms with E-state index in [0.717, 1.165) is 16.7 Å². The number of fused-ring (bicyclic) bond motifs is 1. The number of aryl methyl sites for hydroxylation is 1. The average molecular weight is 463 g/mol. The van der Waals surface area contributed by atoms with Gasteiger partial charge in [0.25, 0.3) is 5.91 Å². The number of hydrogen-bond donors (Lipinski definition) is 1. The van der Waals surface area contributed by atoms with Gasteiger partial charge in [0.2, 0.25) is 5.91 Å². The number of nitrogens with one attached hydrogen (secondary N) is 1. The van der Waals surface area contributed by atoms with Crippen molar-refractivity contribution in [2.45, 2.75) is 31.8 Å². The van der Waals surface area contributed by atoms with E-state index in [4.69, 9.17) is 0 Å². The molecule has 7 heteroatoms. The van der Waals surface area contributed by atoms with Crippen molar-refractivity contribution in [3.05, 3.63) is 107 Å². The maximum absolute atomic E-state index is 13.2. The van der Waals surface area contributed by atoms with Crippen LogP contribution >= 0.6 is 0 Å². The van der Waals surface area contributed by atoms with Crippen LogP contribution in [0.5, 0.6) is 0 Å². The fraction of sp³-hybridized carbons (Fsp3) is 0.231. The van der Waals surface area contributed by atoms with Crippen LogP contribution in [-0.4, -0.2) is 36.9 Å². The van der Waals surface area contributed by atoms with Gasteiger partial charge in [0.1, 0.15) is 6.04 Å². The Morgan fingerprint density at radius 3 is 2.30 bits per heavy atom. The fourth-order valence-electron chi connectivity index (χ4n) is 3.98. The van der Waals surface area contributed by atoms with Crippen LogP contribution in [0.1, 0.15) is 32.6 Å². The minimum Gasteiger partial charge on any atom is -0.350 e. The summed E-state index contributed by atoms with van der Waals surface area (Å²) in [5.41, 5.74) is 3.95. The van der Waals surface area contributed by atoms with Crippen molar-refractivity contribution in [3.63, 3.8) is 0 Å². The molecule has 1 aliphatic heterocycles. The highest BCUT2D eigenvalue weighted by molar-refractivity contribution is 7.90. The van der Waals surface area contributed by atoms with Crippen LogP contribution < -0.4 is 5.32 Å². The van der Waals surface area contributed by atoms with Gasteiger partial charge in [0.15, 0.2) is 9.84 Å². The summed E-state index contributed by atoms with van der Waals surface area (Å²) in [4.78, 5) is 27.7. The summed E-state index contributed by atoms with van der Waals surface area (Å²) < 4.78 is 26.1. The molecule has 0 bridgehead atoms. The second-order valence-corrected chi connectivity index (χ2v) is 10.5. The smallest absolute Gasteiger partial charge is 0.255 e. The number of benzene rings is 3. The van der Waals surface area contributed by atoms with E-state index in [9.17, 15) is 18.0 Å². The molecule has 1 atom stereocenters. The number of carbonyl (C=O) groups is 2. The standard InChI is InChI=1S/C26H26N2O4S/c1-19-11-13-20(14-12-19)15-27-25(29)24(18-33(31,32)17-21-7-3-2-4-8-21)28-16-22-9-5-6-10-23(22)26(28)30/h2-14,24H,15-18H2,1H3,(H,27,29). The molecule has 1 aliphatic rings. The summed E-state index contributed by atoms with van der Waals surface area (Å²) in [6.45, 7) is 2.44. The molecule has 33 heavy (non-hydrogen) atoms. The molecule has 6 nitrogen and oxygen atoms in total. The van der Waals surface area contributed by atoms with Crippen molar-refractivity contribution in [2.24, 2.45) is 0 Å². The molecule has 170 valence electrons. The lowest BCUT2D eigenvalue weighted by molar-refractivity contribution is -0.125. The van der Waals surface area contributed by atoms with E-state index < -0.39 is 27.5 Å². The third-order valence-electron chi connectivity index (χ3n) is 5.76. The minimum absolute atomic E-state index is 0.190. The number of rotatable bonds is 8. The van der Waals surface area contributed by atoms with Gasteiger partial charge >= 0.3 is 0 Å². The van der Waals surface area contributed by atoms with E-state index >= 15 is 0 Å². The molecule has 1 N–H and O–H groups in total. The topological polar surface area (TPSA) is 83.6 Å². The average Bonchev–Trinajstić information content (AvgIpc) is 3.14. The molecule has 0 fully saturated rings. The molecular weight excluding hydrogens is 436 g/mol. The Hall–Kier alpha value is -3.45. The number of nitrogens with zero attached hydrogens (tertiary/aromatic N) is 1. The van der Waals surface area contributed by atoms with Gasteiger partial charge < -0.3 is 10.2 Å². The predicted molar refractivity (Wildman–Crippen MR) is 127 cm³/mol. The third-order valence-corrected chi connectivity index (χ3v) is 7.35. The first-order valence-corrected chi connectivity index (χ1v) is 12.6. The maximum atomic E-state index is 13.2. The van der Waals surface area contributed by atoms with Crippen LogP contribution in [0.3, 0.4) is 0 Å². The monoisotopic (exact) mass is 462 g/mol. The molecule has 0 saturated heterocycles. The van der Waals surface area contributed by atoms with Crippen molar-refractivity contribution < 1.29 is 18.0 Å². The lowest BCUT2D eigenvalue weighted by atomic mass is 10.1. The van der Waals surface area contributed by atoms with Gasteiger partial charge in [-0.1, -0.05) is 78.4 Å². The Labute approximate surface area is 194 Å². The zero-order valence-corrected chi connectivity index (χ0v) is 19.2. The maximum Gasteiger partial charge on any atom is 0.255 e. The highest BCUT2D eigenvalue weighted by Gasteiger charge is 2.38. The largest absolute Gasteiger partial charge is 0.350 e. The minimum atomic E-state index is -3.67. The summed E-state index contributed by atoms with van der Waals surface area (Å²) in [5, 5.41) is 2.83. The third kappa shape index (κ3) is 5.49. The first-order chi connectivity index (χ1) is 15.8. The molecule has 0 radical (unpaired) electrons. The molecule has 0 spiro atoms. The first-order valence-electron chi connectivity index (χ1n) is 10.8. The second-order valence-electron chi connectivity index (χ2n) is 8.35. The highest BCUT2D eigenvalue weighted by atomic mass is 32.2. The molecule has 3 aromatic carbocycles. The number of amides is 2.